The average molecular weight is 386 g/mol. The standard InChI is InChI=1S/C23H31NO2S/c1-22(2,3)16-11-12-20(18(15-16)23(4,5)6)26-14-13-25-19-10-8-7-9-17(19)21(24)27/h7-12,15H,13-14H2,1-6H3,(H2,24,27). The van der Waals surface area contributed by atoms with Crippen molar-refractivity contribution >= 4 is 17.2 Å². The molecule has 0 amide bonds. The normalized spacial score (nSPS) is 11.9. The summed E-state index contributed by atoms with van der Waals surface area (Å²) in [5.74, 6) is 1.59. The van der Waals surface area contributed by atoms with Gasteiger partial charge in [0.25, 0.3) is 0 Å². The highest BCUT2D eigenvalue weighted by atomic mass is 32.1. The highest BCUT2D eigenvalue weighted by Gasteiger charge is 2.23. The lowest BCUT2D eigenvalue weighted by atomic mass is 9.80. The van der Waals surface area contributed by atoms with Crippen LogP contribution in [0.1, 0.15) is 58.2 Å². The van der Waals surface area contributed by atoms with Gasteiger partial charge in [-0.05, 0) is 40.2 Å². The Kier molecular flexibility index (Phi) is 6.53. The fourth-order valence-corrected chi connectivity index (χ4v) is 2.98. The Morgan fingerprint density at radius 2 is 1.44 bits per heavy atom. The predicted molar refractivity (Wildman–Crippen MR) is 117 cm³/mol. The van der Waals surface area contributed by atoms with Gasteiger partial charge in [0, 0.05) is 0 Å². The third-order valence-electron chi connectivity index (χ3n) is 4.40. The zero-order chi connectivity index (χ0) is 20.2. The fraction of sp³-hybridized carbons (Fsp3) is 0.435. The molecule has 0 fully saturated rings. The SMILES string of the molecule is CC(C)(C)c1ccc(OCCOc2ccccc2C(N)=S)c(C(C)(C)C)c1. The molecule has 0 saturated carbocycles. The maximum absolute atomic E-state index is 6.06. The Labute approximate surface area is 168 Å². The fourth-order valence-electron chi connectivity index (χ4n) is 2.81. The number of thiocarbonyl (C=S) groups is 1. The number of hydrogen-bond acceptors (Lipinski definition) is 3. The molecular formula is C23H31NO2S. The molecule has 146 valence electrons. The zero-order valence-electron chi connectivity index (χ0n) is 17.3. The molecule has 0 aliphatic carbocycles. The van der Waals surface area contributed by atoms with Gasteiger partial charge < -0.3 is 15.2 Å². The smallest absolute Gasteiger partial charge is 0.129 e. The lowest BCUT2D eigenvalue weighted by Gasteiger charge is -2.27. The monoisotopic (exact) mass is 385 g/mol. The van der Waals surface area contributed by atoms with Crippen molar-refractivity contribution in [1.82, 2.24) is 0 Å². The van der Waals surface area contributed by atoms with Gasteiger partial charge in [0.05, 0.1) is 5.56 Å². The van der Waals surface area contributed by atoms with E-state index in [1.54, 1.807) is 0 Å². The van der Waals surface area contributed by atoms with Crippen LogP contribution in [0.5, 0.6) is 11.5 Å². The van der Waals surface area contributed by atoms with Gasteiger partial charge in [0.15, 0.2) is 0 Å². The third-order valence-corrected chi connectivity index (χ3v) is 4.62. The first kappa shape index (κ1) is 21.2. The van der Waals surface area contributed by atoms with Crippen LogP contribution >= 0.6 is 12.2 Å². The van der Waals surface area contributed by atoms with E-state index in [0.717, 1.165) is 11.3 Å². The molecule has 0 unspecified atom stereocenters. The minimum absolute atomic E-state index is 0.00418. The van der Waals surface area contributed by atoms with E-state index in [-0.39, 0.29) is 10.8 Å². The lowest BCUT2D eigenvalue weighted by molar-refractivity contribution is 0.214. The summed E-state index contributed by atoms with van der Waals surface area (Å²) in [5.41, 5.74) is 9.11. The van der Waals surface area contributed by atoms with Gasteiger partial charge in [0.2, 0.25) is 0 Å². The summed E-state index contributed by atoms with van der Waals surface area (Å²) < 4.78 is 11.9. The van der Waals surface area contributed by atoms with E-state index in [2.05, 4.69) is 59.7 Å². The number of rotatable bonds is 6. The first-order valence-corrected chi connectivity index (χ1v) is 9.70. The van der Waals surface area contributed by atoms with E-state index >= 15 is 0 Å². The molecule has 2 N–H and O–H groups in total. The van der Waals surface area contributed by atoms with E-state index in [1.165, 1.54) is 11.1 Å². The van der Waals surface area contributed by atoms with Crippen molar-refractivity contribution in [2.24, 2.45) is 5.73 Å². The quantitative estimate of drug-likeness (QED) is 0.536. The van der Waals surface area contributed by atoms with Crippen LogP contribution in [0, 0.1) is 0 Å². The zero-order valence-corrected chi connectivity index (χ0v) is 18.1. The number of para-hydroxylation sites is 1. The van der Waals surface area contributed by atoms with Crippen LogP contribution in [0.4, 0.5) is 0 Å². The summed E-state index contributed by atoms with van der Waals surface area (Å²) in [7, 11) is 0. The minimum atomic E-state index is -0.00418. The summed E-state index contributed by atoms with van der Waals surface area (Å²) in [5, 5.41) is 0. The molecular weight excluding hydrogens is 354 g/mol. The minimum Gasteiger partial charge on any atom is -0.490 e. The Hall–Kier alpha value is -2.07. The topological polar surface area (TPSA) is 44.5 Å². The van der Waals surface area contributed by atoms with Crippen LogP contribution < -0.4 is 15.2 Å². The van der Waals surface area contributed by atoms with Crippen molar-refractivity contribution in [3.63, 3.8) is 0 Å². The Morgan fingerprint density at radius 1 is 0.852 bits per heavy atom. The van der Waals surface area contributed by atoms with E-state index < -0.39 is 0 Å². The molecule has 0 heterocycles. The molecule has 0 aliphatic rings. The summed E-state index contributed by atoms with van der Waals surface area (Å²) >= 11 is 5.07. The van der Waals surface area contributed by atoms with Crippen LogP contribution in [-0.2, 0) is 10.8 Å². The van der Waals surface area contributed by atoms with Crippen LogP contribution in [0.25, 0.3) is 0 Å². The van der Waals surface area contributed by atoms with Crippen LogP contribution in [0.2, 0.25) is 0 Å². The number of ether oxygens (including phenoxy) is 2. The van der Waals surface area contributed by atoms with Crippen LogP contribution in [-0.4, -0.2) is 18.2 Å². The summed E-state index contributed by atoms with van der Waals surface area (Å²) in [6.45, 7) is 14.2. The molecule has 2 aromatic carbocycles. The molecule has 0 atom stereocenters. The lowest BCUT2D eigenvalue weighted by Crippen LogP contribution is -2.19. The largest absolute Gasteiger partial charge is 0.490 e. The molecule has 4 heteroatoms. The maximum atomic E-state index is 6.06. The van der Waals surface area contributed by atoms with Crippen molar-refractivity contribution < 1.29 is 9.47 Å². The molecule has 0 aromatic heterocycles. The van der Waals surface area contributed by atoms with E-state index in [0.29, 0.717) is 24.0 Å². The van der Waals surface area contributed by atoms with Crippen molar-refractivity contribution in [1.29, 1.82) is 0 Å². The van der Waals surface area contributed by atoms with Gasteiger partial charge in [-0.3, -0.25) is 0 Å². The van der Waals surface area contributed by atoms with Crippen LogP contribution in [0.15, 0.2) is 42.5 Å². The average Bonchev–Trinajstić information content (AvgIpc) is 2.57. The Bertz CT molecular complexity index is 801. The molecule has 27 heavy (non-hydrogen) atoms. The maximum Gasteiger partial charge on any atom is 0.129 e. The Morgan fingerprint density at radius 3 is 2.00 bits per heavy atom. The summed E-state index contributed by atoms with van der Waals surface area (Å²) in [6, 6.07) is 14.0. The predicted octanol–water partition coefficient (Wildman–Crippen LogP) is 5.37. The molecule has 0 aliphatic heterocycles. The van der Waals surface area contributed by atoms with Gasteiger partial charge >= 0.3 is 0 Å². The van der Waals surface area contributed by atoms with Crippen LogP contribution in [0.3, 0.4) is 0 Å². The highest BCUT2D eigenvalue weighted by molar-refractivity contribution is 7.80. The van der Waals surface area contributed by atoms with Gasteiger partial charge in [-0.25, -0.2) is 0 Å². The van der Waals surface area contributed by atoms with Crippen molar-refractivity contribution in [2.75, 3.05) is 13.2 Å². The number of hydrogen-bond donors (Lipinski definition) is 1. The van der Waals surface area contributed by atoms with E-state index in [4.69, 9.17) is 27.4 Å². The summed E-state index contributed by atoms with van der Waals surface area (Å²) in [4.78, 5) is 0.333. The molecule has 2 aromatic rings. The van der Waals surface area contributed by atoms with Gasteiger partial charge in [-0.1, -0.05) is 78.0 Å². The van der Waals surface area contributed by atoms with Crippen molar-refractivity contribution in [3.8, 4) is 11.5 Å². The van der Waals surface area contributed by atoms with E-state index in [1.807, 2.05) is 24.3 Å². The molecule has 3 nitrogen and oxygen atoms in total. The first-order chi connectivity index (χ1) is 12.5. The van der Waals surface area contributed by atoms with Gasteiger partial charge in [-0.15, -0.1) is 0 Å². The van der Waals surface area contributed by atoms with Gasteiger partial charge in [0.1, 0.15) is 29.7 Å². The molecule has 0 bridgehead atoms. The highest BCUT2D eigenvalue weighted by Crippen LogP contribution is 2.35. The molecule has 0 radical (unpaired) electrons. The van der Waals surface area contributed by atoms with Crippen molar-refractivity contribution in [2.45, 2.75) is 52.4 Å². The number of nitrogens with two attached hydrogens (primary N) is 1. The first-order valence-electron chi connectivity index (χ1n) is 9.29. The second kappa shape index (κ2) is 8.30. The van der Waals surface area contributed by atoms with E-state index in [9.17, 15) is 0 Å². The summed E-state index contributed by atoms with van der Waals surface area (Å²) in [6.07, 6.45) is 0. The third kappa shape index (κ3) is 5.70. The van der Waals surface area contributed by atoms with Gasteiger partial charge in [-0.2, -0.15) is 0 Å². The number of benzene rings is 2. The Balaban J connectivity index is 2.09. The van der Waals surface area contributed by atoms with Crippen molar-refractivity contribution in [3.05, 3.63) is 59.2 Å². The molecule has 2 rings (SSSR count). The molecule has 0 spiro atoms. The second-order valence-electron chi connectivity index (χ2n) is 8.77. The second-order valence-corrected chi connectivity index (χ2v) is 9.21. The molecule has 0 saturated heterocycles.